The number of rotatable bonds is 5. The number of ether oxygens (including phenoxy) is 2. The maximum Gasteiger partial charge on any atom is 0.139 e. The summed E-state index contributed by atoms with van der Waals surface area (Å²) in [6, 6.07) is 9.36. The lowest BCUT2D eigenvalue weighted by Gasteiger charge is -2.08. The predicted octanol–water partition coefficient (Wildman–Crippen LogP) is 3.96. The summed E-state index contributed by atoms with van der Waals surface area (Å²) in [7, 11) is 0. The molecule has 2 aromatic rings. The van der Waals surface area contributed by atoms with Crippen LogP contribution in [0.1, 0.15) is 0 Å². The van der Waals surface area contributed by atoms with Crippen LogP contribution in [0.3, 0.4) is 0 Å². The number of pyridine rings is 1. The first-order valence-electron chi connectivity index (χ1n) is 5.36. The molecule has 94 valence electrons. The maximum absolute atomic E-state index is 5.79. The van der Waals surface area contributed by atoms with Crippen molar-refractivity contribution in [3.63, 3.8) is 0 Å². The highest BCUT2D eigenvalue weighted by atomic mass is 79.9. The molecule has 0 unspecified atom stereocenters. The zero-order valence-electron chi connectivity index (χ0n) is 9.48. The summed E-state index contributed by atoms with van der Waals surface area (Å²) in [6.07, 6.45) is 3.18. The Balaban J connectivity index is 1.74. The molecule has 0 spiro atoms. The lowest BCUT2D eigenvalue weighted by atomic mass is 10.3. The first-order valence-corrected chi connectivity index (χ1v) is 6.53. The van der Waals surface area contributed by atoms with E-state index in [1.165, 1.54) is 0 Å². The molecule has 0 atom stereocenters. The van der Waals surface area contributed by atoms with Crippen LogP contribution < -0.4 is 9.47 Å². The fourth-order valence-corrected chi connectivity index (χ4v) is 1.75. The Hall–Kier alpha value is -1.26. The topological polar surface area (TPSA) is 31.4 Å². The summed E-state index contributed by atoms with van der Waals surface area (Å²) in [5, 5.41) is 0.557. The third kappa shape index (κ3) is 4.20. The van der Waals surface area contributed by atoms with Gasteiger partial charge in [0.25, 0.3) is 0 Å². The molecule has 1 aromatic carbocycles. The van der Waals surface area contributed by atoms with Crippen molar-refractivity contribution in [1.82, 2.24) is 4.98 Å². The number of hydrogen-bond acceptors (Lipinski definition) is 3. The Labute approximate surface area is 119 Å². The van der Waals surface area contributed by atoms with Crippen molar-refractivity contribution in [3.8, 4) is 11.5 Å². The van der Waals surface area contributed by atoms with Crippen LogP contribution in [-0.2, 0) is 0 Å². The summed E-state index contributed by atoms with van der Waals surface area (Å²) >= 11 is 9.16. The highest BCUT2D eigenvalue weighted by Gasteiger charge is 1.97. The van der Waals surface area contributed by atoms with E-state index in [1.54, 1.807) is 18.5 Å². The van der Waals surface area contributed by atoms with E-state index in [2.05, 4.69) is 20.9 Å². The van der Waals surface area contributed by atoms with Crippen LogP contribution in [0, 0.1) is 0 Å². The fourth-order valence-electron chi connectivity index (χ4n) is 1.32. The van der Waals surface area contributed by atoms with Crippen LogP contribution in [0.15, 0.2) is 47.2 Å². The average molecular weight is 329 g/mol. The van der Waals surface area contributed by atoms with E-state index in [0.717, 1.165) is 10.2 Å². The van der Waals surface area contributed by atoms with Gasteiger partial charge >= 0.3 is 0 Å². The molecule has 1 heterocycles. The molecule has 3 nitrogen and oxygen atoms in total. The third-order valence-electron chi connectivity index (χ3n) is 2.11. The number of aromatic nitrogens is 1. The molecule has 18 heavy (non-hydrogen) atoms. The highest BCUT2D eigenvalue weighted by molar-refractivity contribution is 9.10. The summed E-state index contributed by atoms with van der Waals surface area (Å²) in [4.78, 5) is 3.93. The SMILES string of the molecule is Clc1cncc(OCCOc2ccc(Br)cc2)c1. The molecule has 5 heteroatoms. The molecule has 0 fully saturated rings. The van der Waals surface area contributed by atoms with Crippen molar-refractivity contribution in [1.29, 1.82) is 0 Å². The van der Waals surface area contributed by atoms with Gasteiger partial charge in [-0.3, -0.25) is 4.98 Å². The second-order valence-electron chi connectivity index (χ2n) is 3.49. The molecule has 0 aliphatic rings. The van der Waals surface area contributed by atoms with Crippen LogP contribution >= 0.6 is 27.5 Å². The van der Waals surface area contributed by atoms with Crippen LogP contribution in [0.2, 0.25) is 5.02 Å². The van der Waals surface area contributed by atoms with E-state index < -0.39 is 0 Å². The molecule has 0 amide bonds. The van der Waals surface area contributed by atoms with Gasteiger partial charge in [-0.05, 0) is 24.3 Å². The van der Waals surface area contributed by atoms with E-state index in [-0.39, 0.29) is 0 Å². The van der Waals surface area contributed by atoms with E-state index in [1.807, 2.05) is 24.3 Å². The van der Waals surface area contributed by atoms with E-state index in [9.17, 15) is 0 Å². The molecule has 0 saturated heterocycles. The molecule has 2 rings (SSSR count). The van der Waals surface area contributed by atoms with Crippen LogP contribution in [0.5, 0.6) is 11.5 Å². The minimum Gasteiger partial charge on any atom is -0.490 e. The van der Waals surface area contributed by atoms with Gasteiger partial charge in [-0.25, -0.2) is 0 Å². The molecule has 1 aromatic heterocycles. The monoisotopic (exact) mass is 327 g/mol. The molecule has 0 aliphatic heterocycles. The van der Waals surface area contributed by atoms with Gasteiger partial charge in [-0.1, -0.05) is 27.5 Å². The Morgan fingerprint density at radius 3 is 2.33 bits per heavy atom. The van der Waals surface area contributed by atoms with Gasteiger partial charge < -0.3 is 9.47 Å². The van der Waals surface area contributed by atoms with Crippen molar-refractivity contribution in [2.45, 2.75) is 0 Å². The first kappa shape index (κ1) is 13.2. The predicted molar refractivity (Wildman–Crippen MR) is 74.4 cm³/mol. The normalized spacial score (nSPS) is 10.1. The zero-order valence-corrected chi connectivity index (χ0v) is 11.8. The quantitative estimate of drug-likeness (QED) is 0.779. The molecule has 0 N–H and O–H groups in total. The molecule has 0 saturated carbocycles. The second kappa shape index (κ2) is 6.61. The zero-order chi connectivity index (χ0) is 12.8. The molecule has 0 bridgehead atoms. The summed E-state index contributed by atoms with van der Waals surface area (Å²) < 4.78 is 12.0. The second-order valence-corrected chi connectivity index (χ2v) is 4.84. The Morgan fingerprint density at radius 2 is 1.67 bits per heavy atom. The van der Waals surface area contributed by atoms with Crippen molar-refractivity contribution < 1.29 is 9.47 Å². The molecular formula is C13H11BrClNO2. The number of hydrogen-bond donors (Lipinski definition) is 0. The van der Waals surface area contributed by atoms with Crippen LogP contribution in [-0.4, -0.2) is 18.2 Å². The number of benzene rings is 1. The van der Waals surface area contributed by atoms with Gasteiger partial charge in [0.05, 0.1) is 11.2 Å². The van der Waals surface area contributed by atoms with E-state index in [0.29, 0.717) is 24.0 Å². The summed E-state index contributed by atoms with van der Waals surface area (Å²) in [6.45, 7) is 0.909. The number of nitrogens with zero attached hydrogens (tertiary/aromatic N) is 1. The Morgan fingerprint density at radius 1 is 1.00 bits per heavy atom. The lowest BCUT2D eigenvalue weighted by molar-refractivity contribution is 0.216. The van der Waals surface area contributed by atoms with Crippen molar-refractivity contribution in [2.24, 2.45) is 0 Å². The highest BCUT2D eigenvalue weighted by Crippen LogP contribution is 2.17. The Bertz CT molecular complexity index is 505. The molecular weight excluding hydrogens is 318 g/mol. The van der Waals surface area contributed by atoms with E-state index >= 15 is 0 Å². The smallest absolute Gasteiger partial charge is 0.139 e. The summed E-state index contributed by atoms with van der Waals surface area (Å²) in [5.41, 5.74) is 0. The van der Waals surface area contributed by atoms with Crippen LogP contribution in [0.4, 0.5) is 0 Å². The standard InChI is InChI=1S/C13H11BrClNO2/c14-10-1-3-12(4-2-10)17-5-6-18-13-7-11(15)8-16-9-13/h1-4,7-9H,5-6H2. The largest absolute Gasteiger partial charge is 0.490 e. The maximum atomic E-state index is 5.79. The van der Waals surface area contributed by atoms with Gasteiger partial charge in [-0.2, -0.15) is 0 Å². The van der Waals surface area contributed by atoms with Gasteiger partial charge in [0, 0.05) is 16.7 Å². The van der Waals surface area contributed by atoms with E-state index in [4.69, 9.17) is 21.1 Å². The minimum atomic E-state index is 0.443. The fraction of sp³-hybridized carbons (Fsp3) is 0.154. The summed E-state index contributed by atoms with van der Waals surface area (Å²) in [5.74, 6) is 1.45. The lowest BCUT2D eigenvalue weighted by Crippen LogP contribution is -2.09. The first-order chi connectivity index (χ1) is 8.74. The van der Waals surface area contributed by atoms with Gasteiger partial charge in [0.1, 0.15) is 24.7 Å². The van der Waals surface area contributed by atoms with Gasteiger partial charge in [0.2, 0.25) is 0 Å². The van der Waals surface area contributed by atoms with Crippen molar-refractivity contribution in [3.05, 3.63) is 52.2 Å². The Kier molecular flexibility index (Phi) is 4.84. The van der Waals surface area contributed by atoms with Gasteiger partial charge in [0.15, 0.2) is 0 Å². The molecule has 0 aliphatic carbocycles. The number of halogens is 2. The third-order valence-corrected chi connectivity index (χ3v) is 2.85. The minimum absolute atomic E-state index is 0.443. The van der Waals surface area contributed by atoms with Crippen LogP contribution in [0.25, 0.3) is 0 Å². The van der Waals surface area contributed by atoms with Gasteiger partial charge in [-0.15, -0.1) is 0 Å². The van der Waals surface area contributed by atoms with Crippen molar-refractivity contribution >= 4 is 27.5 Å². The average Bonchev–Trinajstić information content (AvgIpc) is 2.37. The molecule has 0 radical (unpaired) electrons. The van der Waals surface area contributed by atoms with Crippen molar-refractivity contribution in [2.75, 3.05) is 13.2 Å².